The highest BCUT2D eigenvalue weighted by Crippen LogP contribution is 2.51. The van der Waals surface area contributed by atoms with Gasteiger partial charge in [0.15, 0.2) is 6.61 Å². The fourth-order valence-corrected chi connectivity index (χ4v) is 3.98. The van der Waals surface area contributed by atoms with E-state index in [0.717, 1.165) is 0 Å². The summed E-state index contributed by atoms with van der Waals surface area (Å²) in [5, 5.41) is 14.8. The van der Waals surface area contributed by atoms with Crippen LogP contribution in [0, 0.1) is 17.3 Å². The first-order valence-electron chi connectivity index (χ1n) is 9.32. The number of amides is 1. The molecule has 5 nitrogen and oxygen atoms in total. The molecule has 1 aromatic rings. The number of hydrogen-bond donors (Lipinski definition) is 1. The summed E-state index contributed by atoms with van der Waals surface area (Å²) < 4.78 is 47.1. The molecule has 2 aliphatic rings. The van der Waals surface area contributed by atoms with Gasteiger partial charge in [-0.05, 0) is 42.7 Å². The third kappa shape index (κ3) is 3.62. The van der Waals surface area contributed by atoms with Crippen molar-refractivity contribution in [3.8, 4) is 5.75 Å². The van der Waals surface area contributed by atoms with Gasteiger partial charge in [-0.25, -0.2) is 0 Å². The molecule has 3 rings (SSSR count). The zero-order valence-electron chi connectivity index (χ0n) is 16.2. The van der Waals surface area contributed by atoms with Crippen LogP contribution in [0.4, 0.5) is 13.2 Å². The molecule has 154 valence electrons. The van der Waals surface area contributed by atoms with E-state index in [-0.39, 0.29) is 28.5 Å². The molecule has 28 heavy (non-hydrogen) atoms. The van der Waals surface area contributed by atoms with E-state index in [0.29, 0.717) is 18.6 Å². The molecule has 1 N–H and O–H groups in total. The summed E-state index contributed by atoms with van der Waals surface area (Å²) in [6.07, 6.45) is -3.91. The summed E-state index contributed by atoms with van der Waals surface area (Å²) >= 11 is 0. The number of carbonyl (C=O) groups is 1. The van der Waals surface area contributed by atoms with Crippen molar-refractivity contribution in [3.63, 3.8) is 0 Å². The summed E-state index contributed by atoms with van der Waals surface area (Å²) in [5.41, 5.74) is -3.32. The average Bonchev–Trinajstić information content (AvgIpc) is 2.93. The van der Waals surface area contributed by atoms with Crippen LogP contribution in [-0.2, 0) is 4.79 Å². The third-order valence-electron chi connectivity index (χ3n) is 5.69. The second-order valence-electron chi connectivity index (χ2n) is 8.51. The summed E-state index contributed by atoms with van der Waals surface area (Å²) in [5.74, 6) is -1.95. The minimum Gasteiger partial charge on any atom is -0.484 e. The van der Waals surface area contributed by atoms with Crippen LogP contribution in [0.15, 0.2) is 35.4 Å². The van der Waals surface area contributed by atoms with Gasteiger partial charge in [-0.2, -0.15) is 23.3 Å². The molecule has 0 saturated heterocycles. The highest BCUT2D eigenvalue weighted by Gasteiger charge is 2.69. The number of hydrogen-bond acceptors (Lipinski definition) is 4. The summed E-state index contributed by atoms with van der Waals surface area (Å²) in [6, 6.07) is 8.30. The van der Waals surface area contributed by atoms with Crippen molar-refractivity contribution in [1.82, 2.24) is 5.01 Å². The van der Waals surface area contributed by atoms with E-state index in [9.17, 15) is 23.1 Å². The predicted molar refractivity (Wildman–Crippen MR) is 97.5 cm³/mol. The number of aliphatic hydroxyl groups is 1. The number of benzene rings is 1. The number of para-hydroxylation sites is 1. The van der Waals surface area contributed by atoms with Gasteiger partial charge in [0.1, 0.15) is 5.75 Å². The van der Waals surface area contributed by atoms with Gasteiger partial charge in [0.05, 0.1) is 5.92 Å². The Hall–Kier alpha value is -2.09. The Morgan fingerprint density at radius 2 is 1.93 bits per heavy atom. The molecule has 1 heterocycles. The fraction of sp³-hybridized carbons (Fsp3) is 0.600. The Morgan fingerprint density at radius 1 is 1.29 bits per heavy atom. The van der Waals surface area contributed by atoms with Gasteiger partial charge in [0.25, 0.3) is 11.6 Å². The van der Waals surface area contributed by atoms with Crippen LogP contribution in [0.3, 0.4) is 0 Å². The van der Waals surface area contributed by atoms with E-state index >= 15 is 0 Å². The molecule has 1 saturated carbocycles. The molecule has 1 aliphatic carbocycles. The molecule has 1 aromatic carbocycles. The van der Waals surface area contributed by atoms with Crippen molar-refractivity contribution >= 4 is 11.6 Å². The quantitative estimate of drug-likeness (QED) is 0.838. The lowest BCUT2D eigenvalue weighted by atomic mass is 9.66. The highest BCUT2D eigenvalue weighted by atomic mass is 19.4. The first kappa shape index (κ1) is 20.6. The predicted octanol–water partition coefficient (Wildman–Crippen LogP) is 3.98. The van der Waals surface area contributed by atoms with Gasteiger partial charge < -0.3 is 9.84 Å². The first-order valence-corrected chi connectivity index (χ1v) is 9.32. The van der Waals surface area contributed by atoms with Gasteiger partial charge in [-0.3, -0.25) is 4.79 Å². The number of nitrogens with zero attached hydrogens (tertiary/aromatic N) is 2. The molecule has 0 bridgehead atoms. The summed E-state index contributed by atoms with van der Waals surface area (Å²) in [4.78, 5) is 12.5. The van der Waals surface area contributed by atoms with Gasteiger partial charge in [0, 0.05) is 5.71 Å². The molecule has 8 heteroatoms. The lowest BCUT2D eigenvalue weighted by Crippen LogP contribution is -2.62. The summed E-state index contributed by atoms with van der Waals surface area (Å²) in [6.45, 7) is 5.27. The molecule has 0 radical (unpaired) electrons. The first-order chi connectivity index (χ1) is 12.9. The normalized spacial score (nSPS) is 28.0. The van der Waals surface area contributed by atoms with Gasteiger partial charge in [-0.15, -0.1) is 0 Å². The zero-order valence-corrected chi connectivity index (χ0v) is 16.2. The van der Waals surface area contributed by atoms with Crippen LogP contribution in [0.5, 0.6) is 5.75 Å². The third-order valence-corrected chi connectivity index (χ3v) is 5.69. The second-order valence-corrected chi connectivity index (χ2v) is 8.51. The second kappa shape index (κ2) is 7.06. The van der Waals surface area contributed by atoms with Crippen molar-refractivity contribution in [2.24, 2.45) is 22.4 Å². The Balaban J connectivity index is 1.84. The van der Waals surface area contributed by atoms with E-state index in [4.69, 9.17) is 4.74 Å². The average molecular weight is 398 g/mol. The SMILES string of the molecule is CC(C)(C)[C@@H]1CCC2=NN(C(=O)COc3ccccc3)[C@](O)(C(F)(F)F)[C@H]2C1. The number of alkyl halides is 3. The standard InChI is InChI=1S/C20H25F3N2O3/c1-18(2,3)13-9-10-16-15(11-13)19(27,20(21,22)23)25(24-16)17(26)12-28-14-7-5-4-6-8-14/h4-8,13,15,27H,9-12H2,1-3H3/t13-,15+,19-/m1/s1. The lowest BCUT2D eigenvalue weighted by molar-refractivity contribution is -0.318. The van der Waals surface area contributed by atoms with Crippen LogP contribution in [0.2, 0.25) is 0 Å². The fourth-order valence-electron chi connectivity index (χ4n) is 3.98. The maximum atomic E-state index is 14.0. The van der Waals surface area contributed by atoms with Crippen molar-refractivity contribution in [3.05, 3.63) is 30.3 Å². The minimum absolute atomic E-state index is 0.0130. The maximum absolute atomic E-state index is 14.0. The number of rotatable bonds is 3. The van der Waals surface area contributed by atoms with Crippen molar-refractivity contribution in [2.45, 2.75) is 51.9 Å². The molecule has 1 amide bonds. The van der Waals surface area contributed by atoms with Gasteiger partial charge in [-0.1, -0.05) is 39.0 Å². The monoisotopic (exact) mass is 398 g/mol. The molecule has 1 aliphatic heterocycles. The lowest BCUT2D eigenvalue weighted by Gasteiger charge is -2.42. The largest absolute Gasteiger partial charge is 0.484 e. The number of carbonyl (C=O) groups excluding carboxylic acids is 1. The van der Waals surface area contributed by atoms with Crippen molar-refractivity contribution in [1.29, 1.82) is 0 Å². The topological polar surface area (TPSA) is 62.1 Å². The maximum Gasteiger partial charge on any atom is 0.439 e. The number of ether oxygens (including phenoxy) is 1. The van der Waals surface area contributed by atoms with Crippen LogP contribution in [0.25, 0.3) is 0 Å². The zero-order chi connectivity index (χ0) is 20.7. The molecule has 3 atom stereocenters. The molecular weight excluding hydrogens is 373 g/mol. The van der Waals surface area contributed by atoms with Crippen LogP contribution >= 0.6 is 0 Å². The highest BCUT2D eigenvalue weighted by molar-refractivity contribution is 5.93. The number of hydrazone groups is 1. The minimum atomic E-state index is -5.04. The van der Waals surface area contributed by atoms with Crippen LogP contribution in [0.1, 0.15) is 40.0 Å². The van der Waals surface area contributed by atoms with E-state index in [1.807, 2.05) is 20.8 Å². The van der Waals surface area contributed by atoms with E-state index in [1.165, 1.54) is 0 Å². The Kier molecular flexibility index (Phi) is 5.20. The Bertz CT molecular complexity index is 758. The number of fused-ring (bicyclic) bond motifs is 1. The van der Waals surface area contributed by atoms with Gasteiger partial charge in [0.2, 0.25) is 0 Å². The van der Waals surface area contributed by atoms with E-state index in [1.54, 1.807) is 30.3 Å². The van der Waals surface area contributed by atoms with Gasteiger partial charge >= 0.3 is 6.18 Å². The van der Waals surface area contributed by atoms with E-state index < -0.39 is 30.3 Å². The smallest absolute Gasteiger partial charge is 0.439 e. The van der Waals surface area contributed by atoms with Crippen molar-refractivity contribution in [2.75, 3.05) is 6.61 Å². The Labute approximate surface area is 162 Å². The Morgan fingerprint density at radius 3 is 2.50 bits per heavy atom. The molecule has 0 spiro atoms. The molecule has 1 fully saturated rings. The van der Waals surface area contributed by atoms with Crippen LogP contribution < -0.4 is 4.74 Å². The molecular formula is C20H25F3N2O3. The van der Waals surface area contributed by atoms with Crippen LogP contribution in [-0.4, -0.2) is 40.2 Å². The molecule has 0 aromatic heterocycles. The molecule has 0 unspecified atom stereocenters. The van der Waals surface area contributed by atoms with Crippen molar-refractivity contribution < 1.29 is 27.8 Å². The number of halogens is 3. The summed E-state index contributed by atoms with van der Waals surface area (Å²) in [7, 11) is 0. The van der Waals surface area contributed by atoms with E-state index in [2.05, 4.69) is 5.10 Å².